The normalized spacial score (nSPS) is 13.3. The molecule has 0 amide bonds. The van der Waals surface area contributed by atoms with Crippen LogP contribution in [0.2, 0.25) is 0 Å². The van der Waals surface area contributed by atoms with E-state index < -0.39 is 27.6 Å². The molecule has 1 heterocycles. The Balaban J connectivity index is 2.22. The Morgan fingerprint density at radius 3 is 2.52 bits per heavy atom. The summed E-state index contributed by atoms with van der Waals surface area (Å²) in [7, 11) is -3.70. The first kappa shape index (κ1) is 17.6. The molecule has 1 N–H and O–H groups in total. The number of nitrogens with one attached hydrogen (secondary N) is 1. The molecule has 0 fully saturated rings. The van der Waals surface area contributed by atoms with Gasteiger partial charge in [-0.2, -0.15) is 0 Å². The van der Waals surface area contributed by atoms with E-state index in [0.29, 0.717) is 17.9 Å². The van der Waals surface area contributed by atoms with E-state index in [1.165, 1.54) is 12.1 Å². The maximum Gasteiger partial charge on any atom is 0.216 e. The fraction of sp³-hybridized carbons (Fsp3) is 0.438. The second-order valence-corrected chi connectivity index (χ2v) is 7.42. The molecule has 0 aliphatic heterocycles. The van der Waals surface area contributed by atoms with Crippen molar-refractivity contribution in [1.82, 2.24) is 9.88 Å². The summed E-state index contributed by atoms with van der Waals surface area (Å²) >= 11 is 0. The van der Waals surface area contributed by atoms with Gasteiger partial charge in [-0.25, -0.2) is 17.5 Å². The van der Waals surface area contributed by atoms with Crippen molar-refractivity contribution in [3.8, 4) is 0 Å². The highest BCUT2D eigenvalue weighted by molar-refractivity contribution is 7.88. The van der Waals surface area contributed by atoms with Crippen molar-refractivity contribution in [2.45, 2.75) is 45.9 Å². The second kappa shape index (κ2) is 6.80. The van der Waals surface area contributed by atoms with Crippen LogP contribution >= 0.6 is 0 Å². The van der Waals surface area contributed by atoms with Gasteiger partial charge in [0, 0.05) is 11.1 Å². The average Bonchev–Trinajstić information content (AvgIpc) is 2.79. The molecule has 1 aromatic heterocycles. The van der Waals surface area contributed by atoms with Crippen LogP contribution in [0.4, 0.5) is 4.39 Å². The molecular formula is C16H21FN2O3S. The number of nitrogens with zero attached hydrogens (tertiary/aromatic N) is 1. The lowest BCUT2D eigenvalue weighted by Crippen LogP contribution is -2.30. The lowest BCUT2D eigenvalue weighted by Gasteiger charge is -2.17. The van der Waals surface area contributed by atoms with Crippen LogP contribution in [-0.4, -0.2) is 13.6 Å². The highest BCUT2D eigenvalue weighted by atomic mass is 32.2. The van der Waals surface area contributed by atoms with Crippen molar-refractivity contribution in [2.24, 2.45) is 0 Å². The third kappa shape index (κ3) is 4.17. The molecule has 0 radical (unpaired) electrons. The lowest BCUT2D eigenvalue weighted by molar-refractivity contribution is 0.390. The number of aryl methyl sites for hydroxylation is 3. The third-order valence-electron chi connectivity index (χ3n) is 3.72. The van der Waals surface area contributed by atoms with E-state index >= 15 is 0 Å². The van der Waals surface area contributed by atoms with Crippen LogP contribution in [0.3, 0.4) is 0 Å². The Labute approximate surface area is 135 Å². The first-order chi connectivity index (χ1) is 10.7. The fourth-order valence-corrected chi connectivity index (χ4v) is 4.01. The van der Waals surface area contributed by atoms with Crippen LogP contribution in [0.15, 0.2) is 22.7 Å². The summed E-state index contributed by atoms with van der Waals surface area (Å²) in [6.07, 6.45) is 0.540. The van der Waals surface area contributed by atoms with Gasteiger partial charge in [-0.15, -0.1) is 0 Å². The van der Waals surface area contributed by atoms with E-state index in [2.05, 4.69) is 9.88 Å². The molecule has 7 heteroatoms. The van der Waals surface area contributed by atoms with Gasteiger partial charge >= 0.3 is 0 Å². The van der Waals surface area contributed by atoms with E-state index in [9.17, 15) is 12.8 Å². The summed E-state index contributed by atoms with van der Waals surface area (Å²) < 4.78 is 46.4. The van der Waals surface area contributed by atoms with Gasteiger partial charge in [-0.05, 0) is 38.8 Å². The number of aromatic nitrogens is 1. The van der Waals surface area contributed by atoms with E-state index in [1.807, 2.05) is 6.92 Å². The number of halogens is 1. The van der Waals surface area contributed by atoms with E-state index in [4.69, 9.17) is 4.52 Å². The van der Waals surface area contributed by atoms with Crippen molar-refractivity contribution in [2.75, 3.05) is 0 Å². The number of hydrogen-bond donors (Lipinski definition) is 1. The molecule has 0 saturated heterocycles. The monoisotopic (exact) mass is 340 g/mol. The quantitative estimate of drug-likeness (QED) is 0.876. The molecule has 0 aliphatic rings. The average molecular weight is 340 g/mol. The highest BCUT2D eigenvalue weighted by Crippen LogP contribution is 2.25. The van der Waals surface area contributed by atoms with Crippen molar-refractivity contribution in [3.63, 3.8) is 0 Å². The molecule has 0 aliphatic carbocycles. The van der Waals surface area contributed by atoms with Crippen LogP contribution < -0.4 is 4.72 Å². The zero-order chi connectivity index (χ0) is 17.2. The molecule has 23 heavy (non-hydrogen) atoms. The second-order valence-electron chi connectivity index (χ2n) is 5.67. The van der Waals surface area contributed by atoms with Gasteiger partial charge in [0.15, 0.2) is 0 Å². The van der Waals surface area contributed by atoms with Crippen molar-refractivity contribution < 1.29 is 17.3 Å². The Morgan fingerprint density at radius 1 is 1.30 bits per heavy atom. The predicted molar refractivity (Wildman–Crippen MR) is 85.9 cm³/mol. The number of benzene rings is 1. The zero-order valence-electron chi connectivity index (χ0n) is 13.7. The third-order valence-corrected chi connectivity index (χ3v) is 5.06. The molecule has 5 nitrogen and oxygen atoms in total. The first-order valence-corrected chi connectivity index (χ1v) is 9.06. The zero-order valence-corrected chi connectivity index (χ0v) is 14.5. The summed E-state index contributed by atoms with van der Waals surface area (Å²) in [6, 6.07) is 4.08. The van der Waals surface area contributed by atoms with Gasteiger partial charge in [0.25, 0.3) is 0 Å². The van der Waals surface area contributed by atoms with E-state index in [1.54, 1.807) is 26.8 Å². The maximum atomic E-state index is 13.9. The minimum Gasteiger partial charge on any atom is -0.361 e. The number of sulfonamides is 1. The Morgan fingerprint density at radius 2 is 2.00 bits per heavy atom. The fourth-order valence-electron chi connectivity index (χ4n) is 2.57. The van der Waals surface area contributed by atoms with E-state index in [0.717, 1.165) is 11.1 Å². The van der Waals surface area contributed by atoms with Gasteiger partial charge in [0.2, 0.25) is 10.0 Å². The minimum atomic E-state index is -3.70. The molecule has 1 atom stereocenters. The maximum absolute atomic E-state index is 13.9. The molecule has 2 rings (SSSR count). The van der Waals surface area contributed by atoms with Gasteiger partial charge in [0.1, 0.15) is 11.6 Å². The van der Waals surface area contributed by atoms with Crippen LogP contribution in [0, 0.1) is 26.6 Å². The largest absolute Gasteiger partial charge is 0.361 e. The smallest absolute Gasteiger partial charge is 0.216 e. The summed E-state index contributed by atoms with van der Waals surface area (Å²) in [4.78, 5) is 0. The molecular weight excluding hydrogens is 319 g/mol. The molecule has 0 bridgehead atoms. The van der Waals surface area contributed by atoms with Gasteiger partial charge in [0.05, 0.1) is 17.5 Å². The number of hydrogen-bond acceptors (Lipinski definition) is 4. The predicted octanol–water partition coefficient (Wildman–Crippen LogP) is 3.31. The molecule has 126 valence electrons. The minimum absolute atomic E-state index is 0.150. The molecule has 0 unspecified atom stereocenters. The summed E-state index contributed by atoms with van der Waals surface area (Å²) in [5, 5.41) is 3.85. The van der Waals surface area contributed by atoms with Crippen molar-refractivity contribution >= 4 is 10.0 Å². The van der Waals surface area contributed by atoms with Crippen molar-refractivity contribution in [1.29, 1.82) is 0 Å². The van der Waals surface area contributed by atoms with Gasteiger partial charge in [-0.3, -0.25) is 0 Å². The van der Waals surface area contributed by atoms with E-state index in [-0.39, 0.29) is 5.56 Å². The van der Waals surface area contributed by atoms with Crippen LogP contribution in [0.25, 0.3) is 0 Å². The van der Waals surface area contributed by atoms with Crippen LogP contribution in [-0.2, 0) is 15.8 Å². The Bertz CT molecular complexity index is 780. The molecule has 0 saturated carbocycles. The van der Waals surface area contributed by atoms with Crippen molar-refractivity contribution in [3.05, 3.63) is 52.2 Å². The van der Waals surface area contributed by atoms with Gasteiger partial charge < -0.3 is 4.52 Å². The Kier molecular flexibility index (Phi) is 5.21. The SMILES string of the molecule is CC[C@H](NS(=O)(=O)Cc1ccc(C)cc1F)c1c(C)noc1C. The summed E-state index contributed by atoms with van der Waals surface area (Å²) in [6.45, 7) is 7.13. The number of rotatable bonds is 6. The molecule has 0 spiro atoms. The molecule has 2 aromatic rings. The lowest BCUT2D eigenvalue weighted by atomic mass is 10.0. The standard InChI is InChI=1S/C16H21FN2O3S/c1-5-15(16-11(3)18-22-12(16)4)19-23(20,21)9-13-7-6-10(2)8-14(13)17/h6-8,15,19H,5,9H2,1-4H3/t15-/m0/s1. The topological polar surface area (TPSA) is 72.2 Å². The first-order valence-electron chi connectivity index (χ1n) is 7.41. The highest BCUT2D eigenvalue weighted by Gasteiger charge is 2.24. The summed E-state index contributed by atoms with van der Waals surface area (Å²) in [5.41, 5.74) is 2.29. The van der Waals surface area contributed by atoms with Gasteiger partial charge in [-0.1, -0.05) is 24.2 Å². The summed E-state index contributed by atoms with van der Waals surface area (Å²) in [5.74, 6) is -0.335. The molecule has 1 aromatic carbocycles. The van der Waals surface area contributed by atoms with Crippen LogP contribution in [0.5, 0.6) is 0 Å². The van der Waals surface area contributed by atoms with Crippen LogP contribution in [0.1, 0.15) is 47.5 Å². The Hall–Kier alpha value is -1.73.